The van der Waals surface area contributed by atoms with Crippen molar-refractivity contribution in [3.63, 3.8) is 0 Å². The molecule has 0 aliphatic heterocycles. The molecule has 0 radical (unpaired) electrons. The fraction of sp³-hybridized carbons (Fsp3) is 0.864. The van der Waals surface area contributed by atoms with Gasteiger partial charge in [0.25, 0.3) is 0 Å². The van der Waals surface area contributed by atoms with Gasteiger partial charge in [0, 0.05) is 39.1 Å². The van der Waals surface area contributed by atoms with Crippen molar-refractivity contribution in [3.8, 4) is 0 Å². The molecule has 176 valence electrons. The first-order valence-electron chi connectivity index (χ1n) is 11.4. The van der Waals surface area contributed by atoms with E-state index in [0.717, 1.165) is 24.2 Å². The van der Waals surface area contributed by atoms with E-state index < -0.39 is 25.0 Å². The molecular weight excluding hydrogens is 434 g/mol. The third-order valence-electron chi connectivity index (χ3n) is 5.11. The predicted molar refractivity (Wildman–Crippen MR) is 111 cm³/mol. The van der Waals surface area contributed by atoms with Crippen molar-refractivity contribution in [2.75, 3.05) is 39.3 Å². The number of amides is 1. The first kappa shape index (κ1) is 36.9. The molecule has 0 spiro atoms. The molecule has 1 amide bonds. The minimum atomic E-state index is -1.39. The zero-order valence-electron chi connectivity index (χ0n) is 20.6. The van der Waals surface area contributed by atoms with E-state index in [-0.39, 0.29) is 91.3 Å². The van der Waals surface area contributed by atoms with Gasteiger partial charge in [-0.2, -0.15) is 0 Å². The monoisotopic (exact) mass is 474 g/mol. The van der Waals surface area contributed by atoms with Gasteiger partial charge in [-0.1, -0.05) is 71.1 Å². The summed E-state index contributed by atoms with van der Waals surface area (Å²) in [7, 11) is 0. The number of aliphatic hydroxyl groups is 1. The molecule has 0 atom stereocenters. The zero-order valence-corrected chi connectivity index (χ0v) is 24.6. The molecular formula is C22H40N2Na2O6. The number of aliphatic carboxylic acids is 2. The van der Waals surface area contributed by atoms with E-state index in [9.17, 15) is 29.7 Å². The smallest absolute Gasteiger partial charge is 0.549 e. The van der Waals surface area contributed by atoms with Crippen molar-refractivity contribution < 1.29 is 88.8 Å². The van der Waals surface area contributed by atoms with Crippen LogP contribution in [-0.4, -0.2) is 72.1 Å². The Morgan fingerprint density at radius 2 is 1.12 bits per heavy atom. The van der Waals surface area contributed by atoms with Crippen LogP contribution in [0, 0.1) is 0 Å². The van der Waals surface area contributed by atoms with Gasteiger partial charge < -0.3 is 29.8 Å². The molecule has 0 aliphatic carbocycles. The Balaban J connectivity index is -0.00000420. The molecule has 0 aromatic rings. The Morgan fingerprint density at radius 3 is 1.53 bits per heavy atom. The summed E-state index contributed by atoms with van der Waals surface area (Å²) in [6, 6.07) is 0. The molecule has 0 unspecified atom stereocenters. The summed E-state index contributed by atoms with van der Waals surface area (Å²) >= 11 is 0. The molecule has 0 bridgehead atoms. The van der Waals surface area contributed by atoms with Crippen LogP contribution in [0.5, 0.6) is 0 Å². The Labute approximate surface area is 238 Å². The normalized spacial score (nSPS) is 10.3. The number of unbranched alkanes of at least 4 members (excludes halogenated alkanes) is 10. The van der Waals surface area contributed by atoms with E-state index in [1.165, 1.54) is 56.3 Å². The molecule has 0 aromatic heterocycles. The number of nitrogens with zero attached hydrogens (tertiary/aromatic N) is 2. The van der Waals surface area contributed by atoms with Gasteiger partial charge in [0.15, 0.2) is 0 Å². The Bertz CT molecular complexity index is 467. The largest absolute Gasteiger partial charge is 1.00 e. The zero-order chi connectivity index (χ0) is 22.6. The minimum absolute atomic E-state index is 0. The number of carbonyl (C=O) groups is 3. The second kappa shape index (κ2) is 25.9. The van der Waals surface area contributed by atoms with Crippen molar-refractivity contribution in [2.24, 2.45) is 0 Å². The number of hydrogen-bond acceptors (Lipinski definition) is 7. The van der Waals surface area contributed by atoms with Gasteiger partial charge in [-0.25, -0.2) is 0 Å². The van der Waals surface area contributed by atoms with Crippen molar-refractivity contribution in [1.29, 1.82) is 0 Å². The molecule has 0 saturated carbocycles. The third-order valence-corrected chi connectivity index (χ3v) is 5.11. The first-order chi connectivity index (χ1) is 14.4. The van der Waals surface area contributed by atoms with Gasteiger partial charge in [0.1, 0.15) is 0 Å². The summed E-state index contributed by atoms with van der Waals surface area (Å²) in [6.07, 6.45) is 13.5. The van der Waals surface area contributed by atoms with E-state index in [1.807, 2.05) is 0 Å². The van der Waals surface area contributed by atoms with Gasteiger partial charge in [-0.3, -0.25) is 9.69 Å². The Kier molecular flexibility index (Phi) is 29.9. The van der Waals surface area contributed by atoms with Gasteiger partial charge in [-0.05, 0) is 6.42 Å². The fourth-order valence-corrected chi connectivity index (χ4v) is 3.42. The van der Waals surface area contributed by atoms with Gasteiger partial charge >= 0.3 is 59.1 Å². The maximum Gasteiger partial charge on any atom is 1.00 e. The molecule has 0 saturated heterocycles. The van der Waals surface area contributed by atoms with Crippen molar-refractivity contribution in [2.45, 2.75) is 84.0 Å². The van der Waals surface area contributed by atoms with Crippen molar-refractivity contribution in [3.05, 3.63) is 0 Å². The van der Waals surface area contributed by atoms with E-state index in [2.05, 4.69) is 6.92 Å². The van der Waals surface area contributed by atoms with Crippen molar-refractivity contribution >= 4 is 17.8 Å². The average Bonchev–Trinajstić information content (AvgIpc) is 2.68. The van der Waals surface area contributed by atoms with E-state index >= 15 is 0 Å². The second-order valence-corrected chi connectivity index (χ2v) is 7.84. The van der Waals surface area contributed by atoms with E-state index in [4.69, 9.17) is 0 Å². The summed E-state index contributed by atoms with van der Waals surface area (Å²) in [4.78, 5) is 36.5. The number of carbonyl (C=O) groups excluding carboxylic acids is 3. The SMILES string of the molecule is CCCCCCCCCCCCCC(=O)N(CCO)CCN(CC(=O)[O-])CC(=O)[O-].[Na+].[Na+]. The van der Waals surface area contributed by atoms with Gasteiger partial charge in [-0.15, -0.1) is 0 Å². The topological polar surface area (TPSA) is 124 Å². The van der Waals surface area contributed by atoms with Crippen LogP contribution in [-0.2, 0) is 14.4 Å². The summed E-state index contributed by atoms with van der Waals surface area (Å²) in [5.74, 6) is -2.89. The Morgan fingerprint density at radius 1 is 0.688 bits per heavy atom. The van der Waals surface area contributed by atoms with Crippen LogP contribution in [0.3, 0.4) is 0 Å². The maximum absolute atomic E-state index is 12.4. The van der Waals surface area contributed by atoms with E-state index in [0.29, 0.717) is 6.42 Å². The third kappa shape index (κ3) is 23.5. The average molecular weight is 475 g/mol. The Hall–Kier alpha value is 0.330. The molecule has 1 N–H and O–H groups in total. The molecule has 0 rings (SSSR count). The molecule has 0 heterocycles. The molecule has 10 heteroatoms. The molecule has 0 aromatic carbocycles. The summed E-state index contributed by atoms with van der Waals surface area (Å²) in [6.45, 7) is 1.27. The molecule has 8 nitrogen and oxygen atoms in total. The van der Waals surface area contributed by atoms with Crippen LogP contribution in [0.25, 0.3) is 0 Å². The van der Waals surface area contributed by atoms with Crippen LogP contribution < -0.4 is 69.3 Å². The fourth-order valence-electron chi connectivity index (χ4n) is 3.42. The van der Waals surface area contributed by atoms with Crippen LogP contribution in [0.2, 0.25) is 0 Å². The molecule has 32 heavy (non-hydrogen) atoms. The number of hydrogen-bond donors (Lipinski definition) is 1. The number of carboxylic acid groups (broad SMARTS) is 2. The predicted octanol–water partition coefficient (Wildman–Crippen LogP) is -5.68. The first-order valence-corrected chi connectivity index (χ1v) is 11.4. The molecule has 0 fully saturated rings. The van der Waals surface area contributed by atoms with Crippen LogP contribution in [0.4, 0.5) is 0 Å². The van der Waals surface area contributed by atoms with Gasteiger partial charge in [0.2, 0.25) is 5.91 Å². The summed E-state index contributed by atoms with van der Waals surface area (Å²) in [5, 5.41) is 30.7. The standard InChI is InChI=1S/C22H42N2O6.2Na/c1-2-3-4-5-6-7-8-9-10-11-12-13-20(26)24(16-17-25)15-14-23(18-21(27)28)19-22(29)30;;/h25H,2-19H2,1H3,(H,27,28)(H,29,30);;/q;2*+1/p-2. The van der Waals surface area contributed by atoms with Crippen molar-refractivity contribution in [1.82, 2.24) is 9.80 Å². The maximum atomic E-state index is 12.4. The molecule has 0 aliphatic rings. The van der Waals surface area contributed by atoms with E-state index in [1.54, 1.807) is 0 Å². The second-order valence-electron chi connectivity index (χ2n) is 7.84. The minimum Gasteiger partial charge on any atom is -0.549 e. The number of carboxylic acids is 2. The van der Waals surface area contributed by atoms with Crippen LogP contribution in [0.15, 0.2) is 0 Å². The quantitative estimate of drug-likeness (QED) is 0.130. The van der Waals surface area contributed by atoms with Gasteiger partial charge in [0.05, 0.1) is 18.5 Å². The summed E-state index contributed by atoms with van der Waals surface area (Å²) < 4.78 is 0. The van der Waals surface area contributed by atoms with Crippen LogP contribution >= 0.6 is 0 Å². The summed E-state index contributed by atoms with van der Waals surface area (Å²) in [5.41, 5.74) is 0. The number of aliphatic hydroxyl groups excluding tert-OH is 1. The number of rotatable bonds is 21. The van der Waals surface area contributed by atoms with Crippen LogP contribution in [0.1, 0.15) is 84.0 Å².